The highest BCUT2D eigenvalue weighted by Gasteiger charge is 2.39. The smallest absolute Gasteiger partial charge is 0.326 e. The van der Waals surface area contributed by atoms with Crippen molar-refractivity contribution in [3.63, 3.8) is 0 Å². The van der Waals surface area contributed by atoms with Crippen LogP contribution in [0, 0.1) is 23.0 Å². The van der Waals surface area contributed by atoms with Crippen LogP contribution in [0.2, 0.25) is 0 Å². The van der Waals surface area contributed by atoms with Gasteiger partial charge < -0.3 is 62.2 Å². The van der Waals surface area contributed by atoms with E-state index >= 15 is 4.39 Å². The number of aromatic nitrogens is 1. The summed E-state index contributed by atoms with van der Waals surface area (Å²) in [5, 5.41) is 49.5. The van der Waals surface area contributed by atoms with Crippen molar-refractivity contribution in [3.05, 3.63) is 83.7 Å². The molecule has 6 atom stereocenters. The van der Waals surface area contributed by atoms with E-state index in [0.29, 0.717) is 5.69 Å². The summed E-state index contributed by atoms with van der Waals surface area (Å²) < 4.78 is 31.7. The van der Waals surface area contributed by atoms with Crippen molar-refractivity contribution < 1.29 is 86.7 Å². The zero-order chi connectivity index (χ0) is 60.0. The minimum Gasteiger partial charge on any atom is -0.481 e. The lowest BCUT2D eigenvalue weighted by atomic mass is 9.82. The number of Topliss-reactive ketones (excluding diaryl/α,β-unsaturated/α-hetero) is 2. The third-order valence-electron chi connectivity index (χ3n) is 12.6. The summed E-state index contributed by atoms with van der Waals surface area (Å²) in [6.45, 7) is 6.01. The van der Waals surface area contributed by atoms with Crippen molar-refractivity contribution in [2.45, 2.75) is 136 Å². The number of hydrogen-bond donors (Lipinski definition) is 10. The molecule has 0 bridgehead atoms. The number of rotatable bonds is 34. The Bertz CT molecular complexity index is 2750. The van der Waals surface area contributed by atoms with E-state index in [2.05, 4.69) is 26.6 Å². The van der Waals surface area contributed by atoms with Gasteiger partial charge in [0.15, 0.2) is 5.78 Å². The highest BCUT2D eigenvalue weighted by molar-refractivity contribution is 5.97. The first-order chi connectivity index (χ1) is 37.5. The maximum absolute atomic E-state index is 15.4. The third kappa shape index (κ3) is 21.8. The van der Waals surface area contributed by atoms with Crippen molar-refractivity contribution >= 4 is 70.8 Å². The summed E-state index contributed by atoms with van der Waals surface area (Å²) in [6.07, 6.45) is -3.24. The number of nitrogens with one attached hydrogen (secondary N) is 5. The highest BCUT2D eigenvalue weighted by atomic mass is 19.1. The lowest BCUT2D eigenvalue weighted by molar-refractivity contribution is -0.143. The van der Waals surface area contributed by atoms with Crippen LogP contribution in [0.5, 0.6) is 0 Å². The fourth-order valence-corrected chi connectivity index (χ4v) is 8.44. The molecule has 26 heteroatoms. The molecule has 1 aromatic heterocycles. The molecule has 24 nitrogen and oxygen atoms in total. The number of aliphatic hydroxyl groups excluding tert-OH is 1. The molecule has 0 aliphatic carbocycles. The molecule has 0 saturated carbocycles. The van der Waals surface area contributed by atoms with Gasteiger partial charge in [-0.3, -0.25) is 52.7 Å². The average molecular weight is 1130 g/mol. The lowest BCUT2D eigenvalue weighted by Crippen LogP contribution is -2.56. The largest absolute Gasteiger partial charge is 0.481 e. The maximum Gasteiger partial charge on any atom is 0.326 e. The predicted octanol–water partition coefficient (Wildman–Crippen LogP) is 1.88. The van der Waals surface area contributed by atoms with Crippen molar-refractivity contribution in [2.24, 2.45) is 17.1 Å². The number of amides is 7. The molecular weight excluding hydrogens is 1050 g/mol. The molecule has 0 saturated heterocycles. The molecule has 436 valence electrons. The molecule has 3 aromatic rings. The van der Waals surface area contributed by atoms with Gasteiger partial charge in [-0.1, -0.05) is 58.0 Å². The standard InChI is InChI=1S/C54H70F2N8O16/c1-30(23-42(67)31(2)59-44(69)16-12-35(66)13-17-47(72)73)50(76)62-40(26-43(57)68)52(78)61-38(51(77)58-21-19-45(70)60-39(53(79)80)15-18-48(74)75)20-22-64(46(71)29-65)49(54(3,4)5)41-24-33(36-25-34(55)11-14-37(36)56)28-63(41)27-32-9-7-6-8-10-32/h6-11,14,24-25,28,30-31,38-40,49,65H,12-13,15-23,26-27,29H2,1-5H3,(H2,57,68)(H,58,77)(H,59,69)(H,60,70)(H,61,78)(H,62,76)(H,72,73)(H,74,75)(H,79,80)/t30-,31-,38-,39+,40-,49-/m0/s1. The fourth-order valence-electron chi connectivity index (χ4n) is 8.44. The Balaban J connectivity index is 2.00. The van der Waals surface area contributed by atoms with Gasteiger partial charge in [0.1, 0.15) is 42.2 Å². The highest BCUT2D eigenvalue weighted by Crippen LogP contribution is 2.41. The molecule has 11 N–H and O–H groups in total. The van der Waals surface area contributed by atoms with E-state index in [-0.39, 0.29) is 36.9 Å². The van der Waals surface area contributed by atoms with Gasteiger partial charge in [0.05, 0.1) is 24.9 Å². The summed E-state index contributed by atoms with van der Waals surface area (Å²) in [5.74, 6) is -14.6. The second-order valence-electron chi connectivity index (χ2n) is 20.2. The van der Waals surface area contributed by atoms with Crippen LogP contribution in [-0.4, -0.2) is 145 Å². The number of nitrogens with two attached hydrogens (primary N) is 1. The monoisotopic (exact) mass is 1120 g/mol. The molecule has 0 aliphatic rings. The number of nitrogens with zero attached hydrogens (tertiary/aromatic N) is 2. The molecule has 3 rings (SSSR count). The number of halogens is 2. The van der Waals surface area contributed by atoms with Crippen LogP contribution in [-0.2, 0) is 64.1 Å². The number of ketones is 2. The fraction of sp³-hybridized carbons (Fsp3) is 0.481. The van der Waals surface area contributed by atoms with Crippen molar-refractivity contribution in [3.8, 4) is 11.1 Å². The lowest BCUT2D eigenvalue weighted by Gasteiger charge is -2.41. The summed E-state index contributed by atoms with van der Waals surface area (Å²) in [7, 11) is 0. The van der Waals surface area contributed by atoms with E-state index in [1.807, 2.05) is 12.1 Å². The van der Waals surface area contributed by atoms with Gasteiger partial charge >= 0.3 is 17.9 Å². The van der Waals surface area contributed by atoms with Crippen LogP contribution >= 0.6 is 0 Å². The van der Waals surface area contributed by atoms with E-state index in [9.17, 15) is 72.1 Å². The second-order valence-corrected chi connectivity index (χ2v) is 20.2. The van der Waals surface area contributed by atoms with Crippen molar-refractivity contribution in [1.29, 1.82) is 0 Å². The molecule has 2 aromatic carbocycles. The van der Waals surface area contributed by atoms with Crippen LogP contribution in [0.15, 0.2) is 60.8 Å². The molecule has 0 radical (unpaired) electrons. The van der Waals surface area contributed by atoms with Crippen molar-refractivity contribution in [2.75, 3.05) is 19.7 Å². The van der Waals surface area contributed by atoms with Gasteiger partial charge in [0.25, 0.3) is 0 Å². The van der Waals surface area contributed by atoms with Gasteiger partial charge in [-0.2, -0.15) is 0 Å². The van der Waals surface area contributed by atoms with Gasteiger partial charge in [0, 0.05) is 87.1 Å². The number of carbonyl (C=O) groups is 12. The normalized spacial score (nSPS) is 13.4. The van der Waals surface area contributed by atoms with Gasteiger partial charge in [-0.25, -0.2) is 13.6 Å². The Hall–Kier alpha value is -8.42. The topological polar surface area (TPSA) is 380 Å². The zero-order valence-electron chi connectivity index (χ0n) is 45.1. The number of benzene rings is 2. The number of carboxylic acids is 3. The summed E-state index contributed by atoms with van der Waals surface area (Å²) in [5.41, 5.74) is 5.79. The molecule has 1 heterocycles. The minimum absolute atomic E-state index is 0.103. The van der Waals surface area contributed by atoms with Crippen LogP contribution in [0.1, 0.15) is 116 Å². The molecular formula is C54H70F2N8O16. The summed E-state index contributed by atoms with van der Waals surface area (Å²) in [6, 6.07) is 6.14. The Kier molecular flexibility index (Phi) is 25.7. The Morgan fingerprint density at radius 3 is 1.91 bits per heavy atom. The molecule has 0 aliphatic heterocycles. The second kappa shape index (κ2) is 31.2. The Morgan fingerprint density at radius 1 is 0.688 bits per heavy atom. The number of carboxylic acid groups (broad SMARTS) is 3. The van der Waals surface area contributed by atoms with E-state index in [4.69, 9.17) is 15.9 Å². The quantitative estimate of drug-likeness (QED) is 0.0408. The van der Waals surface area contributed by atoms with E-state index in [1.54, 1.807) is 55.8 Å². The Morgan fingerprint density at radius 2 is 1.31 bits per heavy atom. The predicted molar refractivity (Wildman–Crippen MR) is 280 cm³/mol. The first-order valence-electron chi connectivity index (χ1n) is 25.6. The number of primary amides is 1. The summed E-state index contributed by atoms with van der Waals surface area (Å²) >= 11 is 0. The number of aliphatic hydroxyl groups is 1. The van der Waals surface area contributed by atoms with Crippen LogP contribution in [0.4, 0.5) is 8.78 Å². The summed E-state index contributed by atoms with van der Waals surface area (Å²) in [4.78, 5) is 153. The molecule has 7 amide bonds. The molecule has 0 spiro atoms. The number of aliphatic carboxylic acids is 3. The zero-order valence-corrected chi connectivity index (χ0v) is 45.1. The van der Waals surface area contributed by atoms with Crippen molar-refractivity contribution in [1.82, 2.24) is 36.1 Å². The van der Waals surface area contributed by atoms with Crippen LogP contribution < -0.4 is 32.3 Å². The van der Waals surface area contributed by atoms with E-state index in [0.717, 1.165) is 23.8 Å². The molecule has 0 unspecified atom stereocenters. The number of hydrogen-bond acceptors (Lipinski definition) is 13. The van der Waals surface area contributed by atoms with Crippen LogP contribution in [0.25, 0.3) is 11.1 Å². The van der Waals surface area contributed by atoms with Gasteiger partial charge in [-0.05, 0) is 55.0 Å². The average Bonchev–Trinajstić information content (AvgIpc) is 3.78. The maximum atomic E-state index is 15.4. The van der Waals surface area contributed by atoms with Crippen LogP contribution in [0.3, 0.4) is 0 Å². The molecule has 80 heavy (non-hydrogen) atoms. The minimum atomic E-state index is -1.81. The van der Waals surface area contributed by atoms with E-state index in [1.165, 1.54) is 18.7 Å². The SMILES string of the molecule is C[C@H](NC(=O)CCC(=O)CCC(=O)O)C(=O)C[C@H](C)C(=O)N[C@@H](CC(N)=O)C(=O)N[C@@H](CCN(C(=O)CO)[C@@H](c1cc(-c2cc(F)ccc2F)cn1Cc1ccccc1)C(C)(C)C)C(=O)NCCC(=O)N[C@H](CCC(=O)O)C(=O)O. The van der Waals surface area contributed by atoms with Gasteiger partial charge in [0.2, 0.25) is 41.4 Å². The Labute approximate surface area is 459 Å². The first kappa shape index (κ1) is 65.9. The van der Waals surface area contributed by atoms with E-state index < -0.39 is 189 Å². The molecule has 0 fully saturated rings. The first-order valence-corrected chi connectivity index (χ1v) is 25.6. The third-order valence-corrected chi connectivity index (χ3v) is 12.6. The number of carbonyl (C=O) groups excluding carboxylic acids is 9. The van der Waals surface area contributed by atoms with Gasteiger partial charge in [-0.15, -0.1) is 0 Å².